The van der Waals surface area contributed by atoms with Crippen LogP contribution < -0.4 is 0 Å². The Morgan fingerprint density at radius 3 is 2.83 bits per heavy atom. The molecule has 0 bridgehead atoms. The molecule has 0 atom stereocenters. The number of rotatable bonds is 4. The molecule has 6 nitrogen and oxygen atoms in total. The fourth-order valence-corrected chi connectivity index (χ4v) is 3.93. The number of hydrogen-bond acceptors (Lipinski definition) is 4. The van der Waals surface area contributed by atoms with Crippen LogP contribution in [0.25, 0.3) is 0 Å². The van der Waals surface area contributed by atoms with Gasteiger partial charge in [-0.3, -0.25) is 5.10 Å². The van der Waals surface area contributed by atoms with E-state index in [1.54, 1.807) is 0 Å². The summed E-state index contributed by atoms with van der Waals surface area (Å²) in [5.41, 5.74) is 0. The number of hydrogen-bond donors (Lipinski definition) is 1. The van der Waals surface area contributed by atoms with Gasteiger partial charge in [0.25, 0.3) is 10.0 Å². The van der Waals surface area contributed by atoms with E-state index in [9.17, 15) is 8.42 Å². The molecule has 0 radical (unpaired) electrons. The van der Waals surface area contributed by atoms with Gasteiger partial charge in [-0.25, -0.2) is 8.42 Å². The van der Waals surface area contributed by atoms with Gasteiger partial charge >= 0.3 is 0 Å². The van der Waals surface area contributed by atoms with E-state index in [-0.39, 0.29) is 5.03 Å². The van der Waals surface area contributed by atoms with Crippen LogP contribution >= 0.6 is 15.9 Å². The average Bonchev–Trinajstić information content (AvgIpc) is 2.78. The summed E-state index contributed by atoms with van der Waals surface area (Å²) >= 11 is 3.41. The molecule has 1 aliphatic heterocycles. The second kappa shape index (κ2) is 6.14. The topological polar surface area (TPSA) is 69.3 Å². The van der Waals surface area contributed by atoms with Crippen molar-refractivity contribution in [3.63, 3.8) is 0 Å². The molecule has 0 aliphatic carbocycles. The van der Waals surface area contributed by atoms with E-state index in [2.05, 4.69) is 31.0 Å². The van der Waals surface area contributed by atoms with Crippen LogP contribution in [0, 0.1) is 0 Å². The smallest absolute Gasteiger partial charge is 0.260 e. The standard InChI is InChI=1S/C10H17BrN4O2S/c11-3-7-14-5-1-6-15(9-8-14)18(16,17)10-2-4-12-13-10/h2,4H,1,3,5-9H2,(H,12,13). The monoisotopic (exact) mass is 336 g/mol. The predicted molar refractivity (Wildman–Crippen MR) is 72.2 cm³/mol. The highest BCUT2D eigenvalue weighted by Gasteiger charge is 2.27. The summed E-state index contributed by atoms with van der Waals surface area (Å²) in [7, 11) is -3.40. The van der Waals surface area contributed by atoms with Crippen molar-refractivity contribution in [3.05, 3.63) is 12.3 Å². The maximum Gasteiger partial charge on any atom is 0.260 e. The van der Waals surface area contributed by atoms with Crippen molar-refractivity contribution >= 4 is 26.0 Å². The minimum Gasteiger partial charge on any atom is -0.301 e. The van der Waals surface area contributed by atoms with E-state index in [1.807, 2.05) is 0 Å². The number of nitrogens with zero attached hydrogens (tertiary/aromatic N) is 3. The number of aromatic amines is 1. The molecular formula is C10H17BrN4O2S. The minimum atomic E-state index is -3.40. The molecule has 0 unspecified atom stereocenters. The van der Waals surface area contributed by atoms with Gasteiger partial charge in [0.15, 0.2) is 5.03 Å². The summed E-state index contributed by atoms with van der Waals surface area (Å²) in [6.07, 6.45) is 2.32. The van der Waals surface area contributed by atoms with Gasteiger partial charge in [0.05, 0.1) is 6.20 Å². The van der Waals surface area contributed by atoms with Crippen molar-refractivity contribution in [1.29, 1.82) is 0 Å². The van der Waals surface area contributed by atoms with Crippen LogP contribution in [0.3, 0.4) is 0 Å². The fraction of sp³-hybridized carbons (Fsp3) is 0.700. The Morgan fingerprint density at radius 1 is 1.33 bits per heavy atom. The van der Waals surface area contributed by atoms with E-state index in [1.165, 1.54) is 16.6 Å². The molecule has 102 valence electrons. The number of nitrogens with one attached hydrogen (secondary N) is 1. The first kappa shape index (κ1) is 14.0. The van der Waals surface area contributed by atoms with Gasteiger partial charge < -0.3 is 4.90 Å². The first-order valence-corrected chi connectivity index (χ1v) is 8.48. The van der Waals surface area contributed by atoms with Crippen molar-refractivity contribution in [2.45, 2.75) is 11.4 Å². The third-order valence-electron chi connectivity index (χ3n) is 3.04. The molecule has 1 N–H and O–H groups in total. The van der Waals surface area contributed by atoms with Crippen LogP contribution in [0.2, 0.25) is 0 Å². The third-order valence-corrected chi connectivity index (χ3v) is 5.22. The summed E-state index contributed by atoms with van der Waals surface area (Å²) in [5, 5.41) is 7.33. The second-order valence-electron chi connectivity index (χ2n) is 4.21. The highest BCUT2D eigenvalue weighted by Crippen LogP contribution is 2.15. The first-order chi connectivity index (χ1) is 8.64. The third kappa shape index (κ3) is 3.11. The fourth-order valence-electron chi connectivity index (χ4n) is 2.06. The lowest BCUT2D eigenvalue weighted by atomic mass is 10.4. The second-order valence-corrected chi connectivity index (χ2v) is 6.91. The van der Waals surface area contributed by atoms with Crippen LogP contribution in [0.4, 0.5) is 0 Å². The summed E-state index contributed by atoms with van der Waals surface area (Å²) < 4.78 is 26.1. The molecule has 0 aromatic carbocycles. The molecule has 1 fully saturated rings. The zero-order chi connectivity index (χ0) is 13.0. The maximum absolute atomic E-state index is 12.3. The Labute approximate surface area is 116 Å². The Balaban J connectivity index is 2.06. The van der Waals surface area contributed by atoms with Gasteiger partial charge in [-0.2, -0.15) is 9.40 Å². The number of H-pyrrole nitrogens is 1. The van der Waals surface area contributed by atoms with Gasteiger partial charge in [0, 0.05) is 31.5 Å². The van der Waals surface area contributed by atoms with Gasteiger partial charge in [0.2, 0.25) is 0 Å². The number of halogens is 1. The Kier molecular flexibility index (Phi) is 4.77. The maximum atomic E-state index is 12.3. The number of aromatic nitrogens is 2. The lowest BCUT2D eigenvalue weighted by Gasteiger charge is -2.20. The zero-order valence-corrected chi connectivity index (χ0v) is 12.5. The number of alkyl halides is 1. The lowest BCUT2D eigenvalue weighted by Crippen LogP contribution is -2.35. The van der Waals surface area contributed by atoms with Crippen molar-refractivity contribution in [2.24, 2.45) is 0 Å². The predicted octanol–water partition coefficient (Wildman–Crippen LogP) is 0.501. The quantitative estimate of drug-likeness (QED) is 0.813. The van der Waals surface area contributed by atoms with Crippen LogP contribution in [0.15, 0.2) is 17.3 Å². The Morgan fingerprint density at radius 2 is 2.17 bits per heavy atom. The highest BCUT2D eigenvalue weighted by atomic mass is 79.9. The van der Waals surface area contributed by atoms with Crippen LogP contribution in [0.1, 0.15) is 6.42 Å². The van der Waals surface area contributed by atoms with Gasteiger partial charge in [0.1, 0.15) is 0 Å². The lowest BCUT2D eigenvalue weighted by molar-refractivity contribution is 0.305. The molecule has 2 rings (SSSR count). The molecular weight excluding hydrogens is 320 g/mol. The molecule has 0 saturated carbocycles. The van der Waals surface area contributed by atoms with Gasteiger partial charge in [-0.1, -0.05) is 15.9 Å². The first-order valence-electron chi connectivity index (χ1n) is 5.92. The molecule has 1 aromatic heterocycles. The minimum absolute atomic E-state index is 0.177. The van der Waals surface area contributed by atoms with E-state index in [0.717, 1.165) is 31.4 Å². The van der Waals surface area contributed by atoms with Crippen LogP contribution in [-0.4, -0.2) is 65.9 Å². The molecule has 2 heterocycles. The van der Waals surface area contributed by atoms with Crippen LogP contribution in [0.5, 0.6) is 0 Å². The van der Waals surface area contributed by atoms with Crippen LogP contribution in [-0.2, 0) is 10.0 Å². The van der Waals surface area contributed by atoms with E-state index in [0.29, 0.717) is 13.1 Å². The number of sulfonamides is 1. The summed E-state index contributed by atoms with van der Waals surface area (Å²) in [6, 6.07) is 1.50. The summed E-state index contributed by atoms with van der Waals surface area (Å²) in [5.74, 6) is 0. The molecule has 0 spiro atoms. The molecule has 18 heavy (non-hydrogen) atoms. The van der Waals surface area contributed by atoms with Gasteiger partial charge in [-0.15, -0.1) is 0 Å². The Hall–Kier alpha value is -0.440. The zero-order valence-electron chi connectivity index (χ0n) is 10.0. The van der Waals surface area contributed by atoms with Crippen molar-refractivity contribution in [2.75, 3.05) is 38.1 Å². The van der Waals surface area contributed by atoms with Crippen molar-refractivity contribution in [1.82, 2.24) is 19.4 Å². The average molecular weight is 337 g/mol. The Bertz CT molecular complexity index is 462. The van der Waals surface area contributed by atoms with E-state index >= 15 is 0 Å². The molecule has 1 saturated heterocycles. The normalized spacial score (nSPS) is 19.8. The highest BCUT2D eigenvalue weighted by molar-refractivity contribution is 9.09. The molecule has 1 aromatic rings. The SMILES string of the molecule is O=S(=O)(c1ccn[nH]1)N1CCCN(CCBr)CC1. The van der Waals surface area contributed by atoms with E-state index in [4.69, 9.17) is 0 Å². The van der Waals surface area contributed by atoms with Gasteiger partial charge in [-0.05, 0) is 19.0 Å². The van der Waals surface area contributed by atoms with Crippen molar-refractivity contribution in [3.8, 4) is 0 Å². The molecule has 0 amide bonds. The largest absolute Gasteiger partial charge is 0.301 e. The summed E-state index contributed by atoms with van der Waals surface area (Å²) in [6.45, 7) is 3.78. The van der Waals surface area contributed by atoms with Crippen molar-refractivity contribution < 1.29 is 8.42 Å². The molecule has 1 aliphatic rings. The molecule has 8 heteroatoms. The summed E-state index contributed by atoms with van der Waals surface area (Å²) in [4.78, 5) is 2.28. The van der Waals surface area contributed by atoms with E-state index < -0.39 is 10.0 Å².